The fourth-order valence-electron chi connectivity index (χ4n) is 3.01. The quantitative estimate of drug-likeness (QED) is 0.734. The Bertz CT molecular complexity index is 566. The van der Waals surface area contributed by atoms with Crippen LogP contribution in [0.25, 0.3) is 0 Å². The standard InChI is InChI=1S/C17H24F3N3O2/c1-25-15-8-3-2-7-14(15)23-11-10-21-12-13(23)6-4-5-9-22-16(24)17(18,19)20/h2-3,7-8,13,21H,4-6,9-12H2,1H3,(H,22,24). The molecule has 1 heterocycles. The number of hydrogen-bond acceptors (Lipinski definition) is 4. The first kappa shape index (κ1) is 19.4. The van der Waals surface area contributed by atoms with Crippen LogP contribution >= 0.6 is 0 Å². The molecule has 8 heteroatoms. The maximum Gasteiger partial charge on any atom is 0.471 e. The van der Waals surface area contributed by atoms with Gasteiger partial charge in [0.1, 0.15) is 5.75 Å². The predicted octanol–water partition coefficient (Wildman–Crippen LogP) is 2.32. The van der Waals surface area contributed by atoms with Gasteiger partial charge < -0.3 is 20.3 Å². The van der Waals surface area contributed by atoms with Gasteiger partial charge in [0.15, 0.2) is 0 Å². The molecule has 25 heavy (non-hydrogen) atoms. The summed E-state index contributed by atoms with van der Waals surface area (Å²) in [5, 5.41) is 5.26. The highest BCUT2D eigenvalue weighted by molar-refractivity contribution is 5.81. The molecule has 1 aromatic rings. The zero-order chi connectivity index (χ0) is 18.3. The summed E-state index contributed by atoms with van der Waals surface area (Å²) in [6.07, 6.45) is -2.74. The van der Waals surface area contributed by atoms with Crippen LogP contribution in [0.3, 0.4) is 0 Å². The molecule has 1 amide bonds. The van der Waals surface area contributed by atoms with E-state index in [1.165, 1.54) is 0 Å². The first-order chi connectivity index (χ1) is 11.9. The maximum absolute atomic E-state index is 12.1. The third-order valence-corrected chi connectivity index (χ3v) is 4.25. The average molecular weight is 359 g/mol. The summed E-state index contributed by atoms with van der Waals surface area (Å²) in [5.74, 6) is -1.06. The fourth-order valence-corrected chi connectivity index (χ4v) is 3.01. The summed E-state index contributed by atoms with van der Waals surface area (Å²) in [4.78, 5) is 13.1. The number of amides is 1. The third-order valence-electron chi connectivity index (χ3n) is 4.25. The monoisotopic (exact) mass is 359 g/mol. The maximum atomic E-state index is 12.1. The van der Waals surface area contributed by atoms with Crippen LogP contribution in [0.1, 0.15) is 19.3 Å². The third kappa shape index (κ3) is 5.52. The van der Waals surface area contributed by atoms with Gasteiger partial charge in [0.25, 0.3) is 0 Å². The number of hydrogen-bond donors (Lipinski definition) is 2. The summed E-state index contributed by atoms with van der Waals surface area (Å²) >= 11 is 0. The lowest BCUT2D eigenvalue weighted by atomic mass is 10.0. The van der Waals surface area contributed by atoms with Crippen LogP contribution in [0.4, 0.5) is 18.9 Å². The number of carbonyl (C=O) groups excluding carboxylic acids is 1. The molecule has 1 atom stereocenters. The molecule has 0 aromatic heterocycles. The van der Waals surface area contributed by atoms with Crippen molar-refractivity contribution in [2.45, 2.75) is 31.5 Å². The van der Waals surface area contributed by atoms with E-state index in [0.717, 1.165) is 43.9 Å². The molecule has 5 nitrogen and oxygen atoms in total. The van der Waals surface area contributed by atoms with E-state index in [2.05, 4.69) is 10.2 Å². The van der Waals surface area contributed by atoms with Crippen molar-refractivity contribution in [3.05, 3.63) is 24.3 Å². The highest BCUT2D eigenvalue weighted by atomic mass is 19.4. The second kappa shape index (κ2) is 8.94. The lowest BCUT2D eigenvalue weighted by Crippen LogP contribution is -2.51. The van der Waals surface area contributed by atoms with Crippen molar-refractivity contribution < 1.29 is 22.7 Å². The topological polar surface area (TPSA) is 53.6 Å². The van der Waals surface area contributed by atoms with Crippen LogP contribution in [0.5, 0.6) is 5.75 Å². The van der Waals surface area contributed by atoms with E-state index >= 15 is 0 Å². The first-order valence-electron chi connectivity index (χ1n) is 8.39. The Morgan fingerprint density at radius 3 is 2.84 bits per heavy atom. The largest absolute Gasteiger partial charge is 0.495 e. The van der Waals surface area contributed by atoms with E-state index < -0.39 is 12.1 Å². The van der Waals surface area contributed by atoms with Crippen LogP contribution in [0.2, 0.25) is 0 Å². The molecule has 1 saturated heterocycles. The van der Waals surface area contributed by atoms with Gasteiger partial charge in [0.2, 0.25) is 0 Å². The SMILES string of the molecule is COc1ccccc1N1CCNCC1CCCCNC(=O)C(F)(F)F. The minimum Gasteiger partial charge on any atom is -0.495 e. The second-order valence-electron chi connectivity index (χ2n) is 5.97. The van der Waals surface area contributed by atoms with Crippen molar-refractivity contribution >= 4 is 11.6 Å². The minimum atomic E-state index is -4.81. The lowest BCUT2D eigenvalue weighted by Gasteiger charge is -2.38. The number of nitrogens with zero attached hydrogens (tertiary/aromatic N) is 1. The van der Waals surface area contributed by atoms with Crippen molar-refractivity contribution in [3.8, 4) is 5.75 Å². The van der Waals surface area contributed by atoms with E-state index in [1.807, 2.05) is 29.6 Å². The lowest BCUT2D eigenvalue weighted by molar-refractivity contribution is -0.173. The van der Waals surface area contributed by atoms with Gasteiger partial charge in [-0.2, -0.15) is 13.2 Å². The highest BCUT2D eigenvalue weighted by Gasteiger charge is 2.38. The number of ether oxygens (including phenoxy) is 1. The summed E-state index contributed by atoms with van der Waals surface area (Å²) < 4.78 is 41.8. The second-order valence-corrected chi connectivity index (χ2v) is 5.97. The van der Waals surface area contributed by atoms with Crippen LogP contribution in [-0.2, 0) is 4.79 Å². The summed E-state index contributed by atoms with van der Waals surface area (Å²) in [6, 6.07) is 8.05. The Kier molecular flexibility index (Phi) is 6.92. The van der Waals surface area contributed by atoms with Gasteiger partial charge in [-0.25, -0.2) is 0 Å². The number of alkyl halides is 3. The van der Waals surface area contributed by atoms with Crippen LogP contribution < -0.4 is 20.3 Å². The molecular weight excluding hydrogens is 335 g/mol. The molecule has 0 aliphatic carbocycles. The number of piperazine rings is 1. The zero-order valence-electron chi connectivity index (χ0n) is 14.2. The number of unbranched alkanes of at least 4 members (excludes halogenated alkanes) is 1. The smallest absolute Gasteiger partial charge is 0.471 e. The molecule has 1 aliphatic rings. The highest BCUT2D eigenvalue weighted by Crippen LogP contribution is 2.30. The molecule has 0 spiro atoms. The summed E-state index contributed by atoms with van der Waals surface area (Å²) in [7, 11) is 1.64. The van der Waals surface area contributed by atoms with Gasteiger partial charge in [0, 0.05) is 32.2 Å². The minimum absolute atomic E-state index is 0.0349. The molecule has 140 valence electrons. The number of anilines is 1. The van der Waals surface area contributed by atoms with Crippen molar-refractivity contribution in [2.75, 3.05) is 38.2 Å². The molecule has 1 aliphatic heterocycles. The number of nitrogens with one attached hydrogen (secondary N) is 2. The van der Waals surface area contributed by atoms with Crippen molar-refractivity contribution in [1.29, 1.82) is 0 Å². The van der Waals surface area contributed by atoms with E-state index in [9.17, 15) is 18.0 Å². The van der Waals surface area contributed by atoms with Crippen molar-refractivity contribution in [2.24, 2.45) is 0 Å². The number of methoxy groups -OCH3 is 1. The molecule has 1 fully saturated rings. The van der Waals surface area contributed by atoms with Crippen LogP contribution in [-0.4, -0.2) is 51.4 Å². The van der Waals surface area contributed by atoms with Gasteiger partial charge in [-0.15, -0.1) is 0 Å². The Morgan fingerprint density at radius 1 is 1.36 bits per heavy atom. The van der Waals surface area contributed by atoms with Gasteiger partial charge in [-0.05, 0) is 31.4 Å². The predicted molar refractivity (Wildman–Crippen MR) is 89.9 cm³/mol. The average Bonchev–Trinajstić information content (AvgIpc) is 2.60. The van der Waals surface area contributed by atoms with Crippen molar-refractivity contribution in [1.82, 2.24) is 10.6 Å². The first-order valence-corrected chi connectivity index (χ1v) is 8.39. The van der Waals surface area contributed by atoms with Crippen LogP contribution in [0.15, 0.2) is 24.3 Å². The van der Waals surface area contributed by atoms with Gasteiger partial charge >= 0.3 is 12.1 Å². The van der Waals surface area contributed by atoms with E-state index in [1.54, 1.807) is 7.11 Å². The van der Waals surface area contributed by atoms with Gasteiger partial charge in [0.05, 0.1) is 12.8 Å². The molecule has 2 N–H and O–H groups in total. The van der Waals surface area contributed by atoms with Crippen molar-refractivity contribution in [3.63, 3.8) is 0 Å². The Balaban J connectivity index is 1.84. The van der Waals surface area contributed by atoms with E-state index in [-0.39, 0.29) is 12.6 Å². The summed E-state index contributed by atoms with van der Waals surface area (Å²) in [5.41, 5.74) is 1.03. The molecule has 0 radical (unpaired) electrons. The van der Waals surface area contributed by atoms with Gasteiger partial charge in [-0.3, -0.25) is 4.79 Å². The fraction of sp³-hybridized carbons (Fsp3) is 0.588. The summed E-state index contributed by atoms with van der Waals surface area (Å²) in [6.45, 7) is 2.56. The molecule has 1 unspecified atom stereocenters. The molecule has 2 rings (SSSR count). The number of carbonyl (C=O) groups is 1. The molecule has 0 bridgehead atoms. The van der Waals surface area contributed by atoms with E-state index in [4.69, 9.17) is 4.74 Å². The number of halogens is 3. The van der Waals surface area contributed by atoms with Crippen LogP contribution in [0, 0.1) is 0 Å². The molecule has 0 saturated carbocycles. The van der Waals surface area contributed by atoms with E-state index in [0.29, 0.717) is 6.42 Å². The number of para-hydroxylation sites is 2. The number of benzene rings is 1. The Morgan fingerprint density at radius 2 is 2.12 bits per heavy atom. The Hall–Kier alpha value is -1.96. The molecular formula is C17H24F3N3O2. The molecule has 1 aromatic carbocycles. The zero-order valence-corrected chi connectivity index (χ0v) is 14.2. The van der Waals surface area contributed by atoms with Gasteiger partial charge in [-0.1, -0.05) is 12.1 Å². The Labute approximate surface area is 145 Å². The number of rotatable bonds is 7. The normalized spacial score (nSPS) is 18.1.